The zero-order valence-electron chi connectivity index (χ0n) is 25.1. The van der Waals surface area contributed by atoms with Crippen molar-refractivity contribution in [1.29, 1.82) is 0 Å². The number of carbonyl (C=O) groups excluding carboxylic acids is 1. The summed E-state index contributed by atoms with van der Waals surface area (Å²) in [4.78, 5) is 23.6. The van der Waals surface area contributed by atoms with Crippen LogP contribution >= 0.6 is 0 Å². The molecule has 0 atom stereocenters. The van der Waals surface area contributed by atoms with Gasteiger partial charge in [0.15, 0.2) is 17.5 Å². The van der Waals surface area contributed by atoms with E-state index in [0.717, 1.165) is 35.4 Å². The minimum Gasteiger partial charge on any atom is -0.452 e. The van der Waals surface area contributed by atoms with Gasteiger partial charge in [-0.15, -0.1) is 0 Å². The van der Waals surface area contributed by atoms with Crippen LogP contribution in [0.1, 0.15) is 40.8 Å². The molecule has 46 heavy (non-hydrogen) atoms. The van der Waals surface area contributed by atoms with E-state index in [1.54, 1.807) is 53.2 Å². The molecule has 236 valence electrons. The lowest BCUT2D eigenvalue weighted by Gasteiger charge is -2.25. The molecule has 0 bridgehead atoms. The number of fused-ring (bicyclic) bond motifs is 1. The molecule has 6 rings (SSSR count). The molecule has 0 saturated carbocycles. The Labute approximate surface area is 263 Å². The van der Waals surface area contributed by atoms with Crippen molar-refractivity contribution in [3.63, 3.8) is 0 Å². The van der Waals surface area contributed by atoms with Crippen LogP contribution in [-0.2, 0) is 37.2 Å². The zero-order valence-corrected chi connectivity index (χ0v) is 25.1. The van der Waals surface area contributed by atoms with E-state index in [1.807, 2.05) is 0 Å². The topological polar surface area (TPSA) is 111 Å². The third kappa shape index (κ3) is 6.23. The minimum atomic E-state index is -0.827. The Morgan fingerprint density at radius 1 is 0.891 bits per heavy atom. The van der Waals surface area contributed by atoms with Crippen molar-refractivity contribution in [2.75, 3.05) is 23.1 Å². The zero-order chi connectivity index (χ0) is 32.2. The normalized spacial score (nSPS) is 12.4. The monoisotopic (exact) mass is 627 g/mol. The third-order valence-electron chi connectivity index (χ3n) is 8.01. The number of benzene rings is 3. The van der Waals surface area contributed by atoms with Gasteiger partial charge in [0.2, 0.25) is 0 Å². The third-order valence-corrected chi connectivity index (χ3v) is 8.01. The van der Waals surface area contributed by atoms with Crippen molar-refractivity contribution >= 4 is 23.4 Å². The Bertz CT molecular complexity index is 1900. The van der Waals surface area contributed by atoms with Gasteiger partial charge in [-0.25, -0.2) is 27.9 Å². The quantitative estimate of drug-likeness (QED) is 0.188. The summed E-state index contributed by atoms with van der Waals surface area (Å²) in [6, 6.07) is 18.8. The maximum absolute atomic E-state index is 14.7. The number of methoxy groups -OCH3 is 1. The Balaban J connectivity index is 1.47. The van der Waals surface area contributed by atoms with Crippen molar-refractivity contribution in [1.82, 2.24) is 19.7 Å². The number of carbonyl (C=O) groups is 1. The summed E-state index contributed by atoms with van der Waals surface area (Å²) in [6.45, 7) is -0.0306. The number of ether oxygens (including phenoxy) is 1. The van der Waals surface area contributed by atoms with E-state index >= 15 is 0 Å². The average molecular weight is 628 g/mol. The first-order chi connectivity index (χ1) is 22.3. The van der Waals surface area contributed by atoms with Crippen molar-refractivity contribution in [2.24, 2.45) is 0 Å². The van der Waals surface area contributed by atoms with Gasteiger partial charge >= 0.3 is 6.09 Å². The lowest BCUT2D eigenvalue weighted by molar-refractivity contribution is 0.178. The van der Waals surface area contributed by atoms with Gasteiger partial charge in [-0.05, 0) is 43.9 Å². The standard InChI is InChI=1S/C34H32F3N7O2/c1-46-34(45)43(19-22-11-3-7-15-26(22)36)30-31(38)40-32(41-33(30)39-18-21-10-2-6-14-25(21)35)29-24-13-5-9-17-28(24)44(42-29)20-23-12-4-8-16-27(23)37/h2-4,6-8,10-12,14-16H,5,9,13,17-20H2,1H3,(H3,38,39,40,41). The number of nitrogens with one attached hydrogen (secondary N) is 1. The average Bonchev–Trinajstić information content (AvgIpc) is 3.43. The second-order valence-electron chi connectivity index (χ2n) is 11.0. The van der Waals surface area contributed by atoms with Gasteiger partial charge in [-0.1, -0.05) is 54.6 Å². The molecule has 1 amide bonds. The second-order valence-corrected chi connectivity index (χ2v) is 11.0. The molecule has 0 spiro atoms. The van der Waals surface area contributed by atoms with Crippen LogP contribution in [0, 0.1) is 17.5 Å². The van der Waals surface area contributed by atoms with Crippen LogP contribution in [-0.4, -0.2) is 33.0 Å². The number of amides is 1. The number of halogens is 3. The highest BCUT2D eigenvalue weighted by molar-refractivity contribution is 5.95. The second kappa shape index (κ2) is 13.3. The summed E-state index contributed by atoms with van der Waals surface area (Å²) in [6.07, 6.45) is 2.52. The van der Waals surface area contributed by atoms with E-state index < -0.39 is 17.7 Å². The van der Waals surface area contributed by atoms with Crippen LogP contribution in [0.2, 0.25) is 0 Å². The molecule has 0 unspecified atom stereocenters. The summed E-state index contributed by atoms with van der Waals surface area (Å²) in [5.74, 6) is -1.11. The molecule has 0 fully saturated rings. The largest absolute Gasteiger partial charge is 0.452 e. The van der Waals surface area contributed by atoms with Gasteiger partial charge in [-0.3, -0.25) is 9.58 Å². The molecule has 9 nitrogen and oxygen atoms in total. The van der Waals surface area contributed by atoms with E-state index in [2.05, 4.69) is 10.3 Å². The molecule has 3 aromatic carbocycles. The number of nitrogens with two attached hydrogens (primary N) is 1. The molecule has 2 heterocycles. The smallest absolute Gasteiger partial charge is 0.414 e. The summed E-state index contributed by atoms with van der Waals surface area (Å²) in [5, 5.41) is 7.96. The Hall–Kier alpha value is -5.39. The van der Waals surface area contributed by atoms with Gasteiger partial charge in [0.25, 0.3) is 0 Å². The highest BCUT2D eigenvalue weighted by Crippen LogP contribution is 2.37. The first-order valence-corrected chi connectivity index (χ1v) is 14.9. The van der Waals surface area contributed by atoms with Crippen molar-refractivity contribution < 1.29 is 22.7 Å². The maximum atomic E-state index is 14.7. The van der Waals surface area contributed by atoms with Gasteiger partial charge in [0, 0.05) is 34.5 Å². The number of nitrogen functional groups attached to an aromatic ring is 1. The van der Waals surface area contributed by atoms with E-state index in [9.17, 15) is 18.0 Å². The number of nitrogens with zero attached hydrogens (tertiary/aromatic N) is 5. The molecule has 2 aromatic heterocycles. The Kier molecular flexibility index (Phi) is 8.86. The first kappa shape index (κ1) is 30.6. The fourth-order valence-corrected chi connectivity index (χ4v) is 5.70. The molecule has 12 heteroatoms. The summed E-state index contributed by atoms with van der Waals surface area (Å²) in [5.41, 5.74) is 10.0. The summed E-state index contributed by atoms with van der Waals surface area (Å²) >= 11 is 0. The molecular weight excluding hydrogens is 595 g/mol. The highest BCUT2D eigenvalue weighted by Gasteiger charge is 2.29. The van der Waals surface area contributed by atoms with Crippen LogP contribution in [0.3, 0.4) is 0 Å². The number of rotatable bonds is 9. The molecule has 5 aromatic rings. The SMILES string of the molecule is COC(=O)N(Cc1ccccc1F)c1c(N)nc(-c2nn(Cc3ccccc3F)c3c2CCCC3)nc1NCc1ccccc1F. The van der Waals surface area contributed by atoms with Crippen LogP contribution in [0.4, 0.5) is 35.3 Å². The summed E-state index contributed by atoms with van der Waals surface area (Å²) < 4.78 is 50.8. The molecule has 0 radical (unpaired) electrons. The van der Waals surface area contributed by atoms with Gasteiger partial charge in [0.05, 0.1) is 20.2 Å². The van der Waals surface area contributed by atoms with Gasteiger partial charge < -0.3 is 15.8 Å². The van der Waals surface area contributed by atoms with Crippen molar-refractivity contribution in [2.45, 2.75) is 45.3 Å². The van der Waals surface area contributed by atoms with E-state index in [1.165, 1.54) is 31.4 Å². The van der Waals surface area contributed by atoms with Crippen molar-refractivity contribution in [3.8, 4) is 11.5 Å². The molecular formula is C34H32F3N7O2. The molecule has 1 aliphatic carbocycles. The van der Waals surface area contributed by atoms with Crippen LogP contribution in [0.5, 0.6) is 0 Å². The predicted octanol–water partition coefficient (Wildman–Crippen LogP) is 6.65. The van der Waals surface area contributed by atoms with E-state index in [-0.39, 0.29) is 54.2 Å². The maximum Gasteiger partial charge on any atom is 0.414 e. The molecule has 3 N–H and O–H groups in total. The summed E-state index contributed by atoms with van der Waals surface area (Å²) in [7, 11) is 1.20. The number of hydrogen-bond acceptors (Lipinski definition) is 7. The number of hydrogen-bond donors (Lipinski definition) is 2. The van der Waals surface area contributed by atoms with E-state index in [4.69, 9.17) is 20.6 Å². The lowest BCUT2D eigenvalue weighted by Crippen LogP contribution is -2.32. The van der Waals surface area contributed by atoms with Gasteiger partial charge in [-0.2, -0.15) is 5.10 Å². The highest BCUT2D eigenvalue weighted by atomic mass is 19.1. The fraction of sp³-hybridized carbons (Fsp3) is 0.235. The molecule has 0 saturated heterocycles. The van der Waals surface area contributed by atoms with Crippen molar-refractivity contribution in [3.05, 3.63) is 118 Å². The lowest BCUT2D eigenvalue weighted by atomic mass is 9.95. The molecule has 0 aliphatic heterocycles. The molecule has 1 aliphatic rings. The Morgan fingerprint density at radius 3 is 2.15 bits per heavy atom. The van der Waals surface area contributed by atoms with Crippen LogP contribution < -0.4 is 16.0 Å². The predicted molar refractivity (Wildman–Crippen MR) is 169 cm³/mol. The van der Waals surface area contributed by atoms with Crippen LogP contribution in [0.15, 0.2) is 72.8 Å². The Morgan fingerprint density at radius 2 is 1.50 bits per heavy atom. The fourth-order valence-electron chi connectivity index (χ4n) is 5.70. The number of aromatic nitrogens is 4. The van der Waals surface area contributed by atoms with Crippen LogP contribution in [0.25, 0.3) is 11.5 Å². The number of anilines is 3. The van der Waals surface area contributed by atoms with Gasteiger partial charge in [0.1, 0.15) is 28.8 Å². The van der Waals surface area contributed by atoms with E-state index in [0.29, 0.717) is 23.2 Å². The first-order valence-electron chi connectivity index (χ1n) is 14.9. The minimum absolute atomic E-state index is 0.00981.